The molecule has 1 heterocycles. The van der Waals surface area contributed by atoms with Crippen LogP contribution in [0.1, 0.15) is 17.3 Å². The van der Waals surface area contributed by atoms with Gasteiger partial charge in [-0.2, -0.15) is 0 Å². The van der Waals surface area contributed by atoms with E-state index in [0.29, 0.717) is 23.9 Å². The number of methoxy groups -OCH3 is 1. The molecule has 2 rings (SSSR count). The molecule has 96 valence electrons. The zero-order valence-corrected chi connectivity index (χ0v) is 10.6. The van der Waals surface area contributed by atoms with Crippen LogP contribution in [0.25, 0.3) is 0 Å². The van der Waals surface area contributed by atoms with E-state index in [1.54, 1.807) is 6.07 Å². The predicted molar refractivity (Wildman–Crippen MR) is 66.3 cm³/mol. The molecular weight excluding hydrogens is 235 g/mol. The van der Waals surface area contributed by atoms with E-state index in [2.05, 4.69) is 10.3 Å². The van der Waals surface area contributed by atoms with E-state index < -0.39 is 0 Å². The van der Waals surface area contributed by atoms with Gasteiger partial charge >= 0.3 is 0 Å². The summed E-state index contributed by atoms with van der Waals surface area (Å²) < 4.78 is 23.5. The highest BCUT2D eigenvalue weighted by molar-refractivity contribution is 5.56. The average molecular weight is 250 g/mol. The fourth-order valence-electron chi connectivity index (χ4n) is 1.60. The lowest BCUT2D eigenvalue weighted by atomic mass is 10.3. The van der Waals surface area contributed by atoms with E-state index in [4.69, 9.17) is 9.15 Å². The summed E-state index contributed by atoms with van der Waals surface area (Å²) >= 11 is 0. The first kappa shape index (κ1) is 12.4. The van der Waals surface area contributed by atoms with E-state index in [-0.39, 0.29) is 5.82 Å². The largest absolute Gasteiger partial charge is 0.494 e. The normalized spacial score (nSPS) is 10.4. The number of halogens is 1. The number of hydrogen-bond donors (Lipinski definition) is 1. The summed E-state index contributed by atoms with van der Waals surface area (Å²) in [4.78, 5) is 4.25. The molecule has 1 aromatic heterocycles. The Bertz CT molecular complexity index is 532. The molecule has 0 aliphatic carbocycles. The fraction of sp³-hybridized carbons (Fsp3) is 0.308. The van der Waals surface area contributed by atoms with Gasteiger partial charge in [-0.15, -0.1) is 0 Å². The lowest BCUT2D eigenvalue weighted by Gasteiger charge is -2.09. The van der Waals surface area contributed by atoms with E-state index >= 15 is 0 Å². The van der Waals surface area contributed by atoms with Crippen LogP contribution in [0.3, 0.4) is 0 Å². The summed E-state index contributed by atoms with van der Waals surface area (Å²) in [5.41, 5.74) is 1.57. The maximum atomic E-state index is 13.0. The standard InChI is InChI=1S/C13H15FN2O2/c1-8-9(2)18-13(16-8)7-15-11-5-4-10(14)6-12(11)17-3/h4-6,15H,7H2,1-3H3. The summed E-state index contributed by atoms with van der Waals surface area (Å²) in [6.07, 6.45) is 0. The van der Waals surface area contributed by atoms with Gasteiger partial charge in [-0.3, -0.25) is 0 Å². The van der Waals surface area contributed by atoms with Crippen molar-refractivity contribution < 1.29 is 13.5 Å². The Balaban J connectivity index is 2.10. The second-order valence-electron chi connectivity index (χ2n) is 3.95. The highest BCUT2D eigenvalue weighted by atomic mass is 19.1. The molecule has 18 heavy (non-hydrogen) atoms. The SMILES string of the molecule is COc1cc(F)ccc1NCc1nc(C)c(C)o1. The number of ether oxygens (including phenoxy) is 1. The number of anilines is 1. The first-order valence-electron chi connectivity index (χ1n) is 5.60. The van der Waals surface area contributed by atoms with Crippen molar-refractivity contribution in [2.45, 2.75) is 20.4 Å². The third kappa shape index (κ3) is 2.61. The van der Waals surface area contributed by atoms with E-state index in [1.807, 2.05) is 13.8 Å². The van der Waals surface area contributed by atoms with Crippen molar-refractivity contribution in [2.75, 3.05) is 12.4 Å². The quantitative estimate of drug-likeness (QED) is 0.906. The van der Waals surface area contributed by atoms with Crippen molar-refractivity contribution in [3.8, 4) is 5.75 Å². The first-order chi connectivity index (χ1) is 8.60. The molecule has 0 unspecified atom stereocenters. The number of nitrogens with one attached hydrogen (secondary N) is 1. The zero-order chi connectivity index (χ0) is 13.1. The van der Waals surface area contributed by atoms with Gasteiger partial charge in [0.25, 0.3) is 0 Å². The zero-order valence-electron chi connectivity index (χ0n) is 10.6. The second kappa shape index (κ2) is 5.08. The van der Waals surface area contributed by atoms with Gasteiger partial charge in [0.2, 0.25) is 5.89 Å². The number of aryl methyl sites for hydroxylation is 2. The van der Waals surface area contributed by atoms with Crippen molar-refractivity contribution in [3.05, 3.63) is 41.4 Å². The molecule has 0 atom stereocenters. The number of aromatic nitrogens is 1. The van der Waals surface area contributed by atoms with Crippen LogP contribution in [0.2, 0.25) is 0 Å². The number of benzene rings is 1. The summed E-state index contributed by atoms with van der Waals surface area (Å²) in [7, 11) is 1.50. The van der Waals surface area contributed by atoms with Crippen LogP contribution in [0, 0.1) is 19.7 Å². The molecule has 1 N–H and O–H groups in total. The van der Waals surface area contributed by atoms with Crippen molar-refractivity contribution in [2.24, 2.45) is 0 Å². The topological polar surface area (TPSA) is 47.3 Å². The van der Waals surface area contributed by atoms with Crippen molar-refractivity contribution in [3.63, 3.8) is 0 Å². The predicted octanol–water partition coefficient (Wildman–Crippen LogP) is 3.05. The number of hydrogen-bond acceptors (Lipinski definition) is 4. The Hall–Kier alpha value is -2.04. The molecule has 4 nitrogen and oxygen atoms in total. The smallest absolute Gasteiger partial charge is 0.213 e. The Labute approximate surface area is 105 Å². The maximum Gasteiger partial charge on any atom is 0.213 e. The number of nitrogens with zero attached hydrogens (tertiary/aromatic N) is 1. The lowest BCUT2D eigenvalue weighted by Crippen LogP contribution is -2.02. The molecule has 5 heteroatoms. The van der Waals surface area contributed by atoms with Crippen LogP contribution in [-0.2, 0) is 6.54 Å². The molecular formula is C13H15FN2O2. The Morgan fingerprint density at radius 3 is 2.78 bits per heavy atom. The lowest BCUT2D eigenvalue weighted by molar-refractivity contribution is 0.412. The van der Waals surface area contributed by atoms with Gasteiger partial charge in [0, 0.05) is 6.07 Å². The minimum absolute atomic E-state index is 0.333. The van der Waals surface area contributed by atoms with Gasteiger partial charge in [-0.05, 0) is 26.0 Å². The molecule has 2 aromatic rings. The summed E-state index contributed by atoms with van der Waals surface area (Å²) in [5.74, 6) is 1.52. The molecule has 0 aliphatic heterocycles. The number of oxazole rings is 1. The Morgan fingerprint density at radius 1 is 1.39 bits per heavy atom. The van der Waals surface area contributed by atoms with Crippen molar-refractivity contribution >= 4 is 5.69 Å². The minimum atomic E-state index is -0.333. The van der Waals surface area contributed by atoms with Crippen LogP contribution in [0.5, 0.6) is 5.75 Å². The Morgan fingerprint density at radius 2 is 2.17 bits per heavy atom. The van der Waals surface area contributed by atoms with Gasteiger partial charge in [0.1, 0.15) is 17.3 Å². The van der Waals surface area contributed by atoms with Crippen LogP contribution in [0.15, 0.2) is 22.6 Å². The van der Waals surface area contributed by atoms with Crippen molar-refractivity contribution in [1.29, 1.82) is 0 Å². The van der Waals surface area contributed by atoms with Gasteiger partial charge in [-0.1, -0.05) is 0 Å². The van der Waals surface area contributed by atoms with E-state index in [9.17, 15) is 4.39 Å². The molecule has 0 saturated heterocycles. The van der Waals surface area contributed by atoms with Crippen LogP contribution in [-0.4, -0.2) is 12.1 Å². The van der Waals surface area contributed by atoms with E-state index in [1.165, 1.54) is 19.2 Å². The van der Waals surface area contributed by atoms with E-state index in [0.717, 1.165) is 11.5 Å². The summed E-state index contributed by atoms with van der Waals surface area (Å²) in [6, 6.07) is 4.32. The Kier molecular flexibility index (Phi) is 3.50. The molecule has 0 aliphatic rings. The molecule has 0 fully saturated rings. The van der Waals surface area contributed by atoms with Gasteiger partial charge in [0.15, 0.2) is 0 Å². The summed E-state index contributed by atoms with van der Waals surface area (Å²) in [5, 5.41) is 3.10. The third-order valence-corrected chi connectivity index (χ3v) is 2.67. The second-order valence-corrected chi connectivity index (χ2v) is 3.95. The maximum absolute atomic E-state index is 13.0. The van der Waals surface area contributed by atoms with Gasteiger partial charge in [-0.25, -0.2) is 9.37 Å². The van der Waals surface area contributed by atoms with Gasteiger partial charge in [0.05, 0.1) is 25.0 Å². The highest BCUT2D eigenvalue weighted by Crippen LogP contribution is 2.25. The number of rotatable bonds is 4. The molecule has 0 bridgehead atoms. The minimum Gasteiger partial charge on any atom is -0.494 e. The van der Waals surface area contributed by atoms with Gasteiger partial charge < -0.3 is 14.5 Å². The average Bonchev–Trinajstić information content (AvgIpc) is 2.67. The van der Waals surface area contributed by atoms with Crippen LogP contribution >= 0.6 is 0 Å². The molecule has 0 spiro atoms. The molecule has 0 amide bonds. The first-order valence-corrected chi connectivity index (χ1v) is 5.60. The molecule has 0 saturated carbocycles. The summed E-state index contributed by atoms with van der Waals surface area (Å²) in [6.45, 7) is 4.18. The van der Waals surface area contributed by atoms with Crippen LogP contribution < -0.4 is 10.1 Å². The molecule has 0 radical (unpaired) electrons. The highest BCUT2D eigenvalue weighted by Gasteiger charge is 2.08. The monoisotopic (exact) mass is 250 g/mol. The van der Waals surface area contributed by atoms with Crippen molar-refractivity contribution in [1.82, 2.24) is 4.98 Å². The molecule has 1 aromatic carbocycles. The third-order valence-electron chi connectivity index (χ3n) is 2.67. The fourth-order valence-corrected chi connectivity index (χ4v) is 1.60. The van der Waals surface area contributed by atoms with Crippen LogP contribution in [0.4, 0.5) is 10.1 Å².